The molecule has 0 bridgehead atoms. The van der Waals surface area contributed by atoms with Gasteiger partial charge in [-0.05, 0) is 50.6 Å². The van der Waals surface area contributed by atoms with Crippen LogP contribution in [0, 0.1) is 11.8 Å². The fraction of sp³-hybridized carbons (Fsp3) is 0.929. The highest BCUT2D eigenvalue weighted by Gasteiger charge is 2.35. The lowest BCUT2D eigenvalue weighted by atomic mass is 10.2. The quantitative estimate of drug-likeness (QED) is 0.827. The van der Waals surface area contributed by atoms with Crippen molar-refractivity contribution in [3.63, 3.8) is 0 Å². The smallest absolute Gasteiger partial charge is 0.156 e. The molecule has 0 aromatic heterocycles. The molecule has 4 heteroatoms. The fourth-order valence-electron chi connectivity index (χ4n) is 2.93. The first-order chi connectivity index (χ1) is 8.81. The maximum atomic E-state index is 4.64. The molecule has 3 aliphatic rings. The molecule has 2 fully saturated rings. The summed E-state index contributed by atoms with van der Waals surface area (Å²) in [6.07, 6.45) is 5.66. The lowest BCUT2D eigenvalue weighted by Crippen LogP contribution is -2.33. The average molecular weight is 267 g/mol. The van der Waals surface area contributed by atoms with Crippen LogP contribution in [0.25, 0.3) is 0 Å². The molecule has 3 rings (SSSR count). The number of likely N-dealkylation sites (tertiary alicyclic amines) is 1. The summed E-state index contributed by atoms with van der Waals surface area (Å²) < 4.78 is 0. The lowest BCUT2D eigenvalue weighted by Gasteiger charge is -2.20. The first-order valence-corrected chi connectivity index (χ1v) is 8.36. The van der Waals surface area contributed by atoms with E-state index in [1.54, 1.807) is 0 Å². The minimum Gasteiger partial charge on any atom is -0.365 e. The molecule has 2 atom stereocenters. The summed E-state index contributed by atoms with van der Waals surface area (Å²) in [6.45, 7) is 8.35. The number of aliphatic imine (C=N–C) groups is 1. The summed E-state index contributed by atoms with van der Waals surface area (Å²) in [5, 5.41) is 5.56. The molecule has 1 aliphatic carbocycles. The molecule has 1 saturated carbocycles. The predicted molar refractivity (Wildman–Crippen MR) is 79.2 cm³/mol. The highest BCUT2D eigenvalue weighted by molar-refractivity contribution is 8.14. The van der Waals surface area contributed by atoms with E-state index in [4.69, 9.17) is 0 Å². The number of thioether (sulfide) groups is 1. The second kappa shape index (κ2) is 5.83. The van der Waals surface area contributed by atoms with Crippen LogP contribution in [-0.2, 0) is 0 Å². The Labute approximate surface area is 115 Å². The topological polar surface area (TPSA) is 27.6 Å². The van der Waals surface area contributed by atoms with Gasteiger partial charge in [0.05, 0.1) is 6.54 Å². The molecular formula is C14H25N3S. The molecule has 0 aromatic rings. The van der Waals surface area contributed by atoms with Crippen molar-refractivity contribution in [2.75, 3.05) is 32.7 Å². The van der Waals surface area contributed by atoms with Crippen LogP contribution in [-0.4, -0.2) is 48.0 Å². The van der Waals surface area contributed by atoms with Gasteiger partial charge in [-0.2, -0.15) is 0 Å². The molecule has 18 heavy (non-hydrogen) atoms. The SMILES string of the molecule is CC(CNC1=NCC(C2CC2)S1)CN1CCCC1. The van der Waals surface area contributed by atoms with Crippen molar-refractivity contribution < 1.29 is 0 Å². The summed E-state index contributed by atoms with van der Waals surface area (Å²) in [7, 11) is 0. The molecule has 0 amide bonds. The van der Waals surface area contributed by atoms with Crippen LogP contribution in [0.15, 0.2) is 4.99 Å². The van der Waals surface area contributed by atoms with Gasteiger partial charge in [0.1, 0.15) is 0 Å². The van der Waals surface area contributed by atoms with Crippen LogP contribution in [0.1, 0.15) is 32.6 Å². The van der Waals surface area contributed by atoms with Gasteiger partial charge in [-0.3, -0.25) is 4.99 Å². The Balaban J connectivity index is 1.33. The van der Waals surface area contributed by atoms with Crippen molar-refractivity contribution >= 4 is 16.9 Å². The largest absolute Gasteiger partial charge is 0.365 e. The molecule has 1 N–H and O–H groups in total. The third-order valence-corrected chi connectivity index (χ3v) is 5.53. The predicted octanol–water partition coefficient (Wildman–Crippen LogP) is 2.19. The number of nitrogens with one attached hydrogen (secondary N) is 1. The van der Waals surface area contributed by atoms with Gasteiger partial charge in [0.15, 0.2) is 5.17 Å². The monoisotopic (exact) mass is 267 g/mol. The van der Waals surface area contributed by atoms with Crippen molar-refractivity contribution in [3.8, 4) is 0 Å². The third kappa shape index (κ3) is 3.41. The molecule has 1 saturated heterocycles. The average Bonchev–Trinajstić information content (AvgIpc) is 2.90. The van der Waals surface area contributed by atoms with Gasteiger partial charge in [0.25, 0.3) is 0 Å². The lowest BCUT2D eigenvalue weighted by molar-refractivity contribution is 0.288. The van der Waals surface area contributed by atoms with Gasteiger partial charge in [-0.1, -0.05) is 18.7 Å². The van der Waals surface area contributed by atoms with E-state index in [-0.39, 0.29) is 0 Å². The van der Waals surface area contributed by atoms with E-state index < -0.39 is 0 Å². The van der Waals surface area contributed by atoms with Crippen molar-refractivity contribution in [1.82, 2.24) is 10.2 Å². The van der Waals surface area contributed by atoms with E-state index in [1.807, 2.05) is 11.8 Å². The number of rotatable bonds is 5. The zero-order chi connectivity index (χ0) is 12.4. The first-order valence-electron chi connectivity index (χ1n) is 7.48. The minimum absolute atomic E-state index is 0.728. The number of hydrogen-bond acceptors (Lipinski definition) is 4. The third-order valence-electron chi connectivity index (χ3n) is 4.20. The zero-order valence-electron chi connectivity index (χ0n) is 11.4. The molecule has 0 spiro atoms. The van der Waals surface area contributed by atoms with E-state index >= 15 is 0 Å². The Bertz CT molecular complexity index is 308. The number of hydrogen-bond donors (Lipinski definition) is 1. The van der Waals surface area contributed by atoms with Crippen LogP contribution >= 0.6 is 11.8 Å². The van der Waals surface area contributed by atoms with E-state index in [0.29, 0.717) is 0 Å². The van der Waals surface area contributed by atoms with Gasteiger partial charge in [0, 0.05) is 18.3 Å². The molecule has 2 unspecified atom stereocenters. The highest BCUT2D eigenvalue weighted by Crippen LogP contribution is 2.41. The maximum absolute atomic E-state index is 4.64. The molecule has 2 heterocycles. The Kier molecular flexibility index (Phi) is 4.14. The second-order valence-corrected chi connectivity index (χ2v) is 7.36. The molecular weight excluding hydrogens is 242 g/mol. The highest BCUT2D eigenvalue weighted by atomic mass is 32.2. The van der Waals surface area contributed by atoms with Crippen LogP contribution in [0.2, 0.25) is 0 Å². The van der Waals surface area contributed by atoms with Crippen molar-refractivity contribution in [1.29, 1.82) is 0 Å². The number of amidine groups is 1. The number of nitrogens with zero attached hydrogens (tertiary/aromatic N) is 2. The van der Waals surface area contributed by atoms with Crippen LogP contribution in [0.4, 0.5) is 0 Å². The van der Waals surface area contributed by atoms with E-state index in [1.165, 1.54) is 50.5 Å². The summed E-state index contributed by atoms with van der Waals surface area (Å²) >= 11 is 1.99. The van der Waals surface area contributed by atoms with E-state index in [9.17, 15) is 0 Å². The van der Waals surface area contributed by atoms with Crippen molar-refractivity contribution in [2.45, 2.75) is 37.9 Å². The Morgan fingerprint density at radius 1 is 1.39 bits per heavy atom. The van der Waals surface area contributed by atoms with Crippen LogP contribution in [0.3, 0.4) is 0 Å². The maximum Gasteiger partial charge on any atom is 0.156 e. The van der Waals surface area contributed by atoms with Gasteiger partial charge < -0.3 is 10.2 Å². The standard InChI is InChI=1S/C14H25N3S/c1-11(10-17-6-2-3-7-17)8-15-14-16-9-13(18-14)12-4-5-12/h11-13H,2-10H2,1H3,(H,15,16). The zero-order valence-corrected chi connectivity index (χ0v) is 12.2. The first kappa shape index (κ1) is 12.8. The molecule has 102 valence electrons. The fourth-order valence-corrected chi connectivity index (χ4v) is 4.15. The summed E-state index contributed by atoms with van der Waals surface area (Å²) in [6, 6.07) is 0. The van der Waals surface area contributed by atoms with Crippen molar-refractivity contribution in [2.24, 2.45) is 16.8 Å². The van der Waals surface area contributed by atoms with E-state index in [0.717, 1.165) is 30.2 Å². The van der Waals surface area contributed by atoms with Crippen LogP contribution in [0.5, 0.6) is 0 Å². The second-order valence-electron chi connectivity index (χ2n) is 6.13. The molecule has 0 aromatic carbocycles. The summed E-state index contributed by atoms with van der Waals surface area (Å²) in [5.74, 6) is 1.70. The van der Waals surface area contributed by atoms with Crippen LogP contribution < -0.4 is 5.32 Å². The normalized spacial score (nSPS) is 30.5. The summed E-state index contributed by atoms with van der Waals surface area (Å²) in [4.78, 5) is 7.24. The molecule has 2 aliphatic heterocycles. The Hall–Kier alpha value is -0.220. The van der Waals surface area contributed by atoms with Gasteiger partial charge in [0.2, 0.25) is 0 Å². The Morgan fingerprint density at radius 2 is 2.17 bits per heavy atom. The Morgan fingerprint density at radius 3 is 2.89 bits per heavy atom. The summed E-state index contributed by atoms with van der Waals surface area (Å²) in [5.41, 5.74) is 0. The van der Waals surface area contributed by atoms with E-state index in [2.05, 4.69) is 22.1 Å². The van der Waals surface area contributed by atoms with Crippen molar-refractivity contribution in [3.05, 3.63) is 0 Å². The molecule has 0 radical (unpaired) electrons. The van der Waals surface area contributed by atoms with Gasteiger partial charge >= 0.3 is 0 Å². The molecule has 3 nitrogen and oxygen atoms in total. The van der Waals surface area contributed by atoms with Gasteiger partial charge in [-0.15, -0.1) is 0 Å². The minimum atomic E-state index is 0.728. The van der Waals surface area contributed by atoms with Gasteiger partial charge in [-0.25, -0.2) is 0 Å².